The Balaban J connectivity index is 1.62. The van der Waals surface area contributed by atoms with E-state index in [1.54, 1.807) is 0 Å². The van der Waals surface area contributed by atoms with E-state index >= 15 is 0 Å². The van der Waals surface area contributed by atoms with Gasteiger partial charge in [-0.2, -0.15) is 0 Å². The van der Waals surface area contributed by atoms with Gasteiger partial charge in [-0.1, -0.05) is 78.9 Å². The topological polar surface area (TPSA) is 41.9 Å². The largest absolute Gasteiger partial charge is 0.494 e. The smallest absolute Gasteiger partial charge is 0.122 e. The summed E-state index contributed by atoms with van der Waals surface area (Å²) >= 11 is 0. The molecule has 1 unspecified atom stereocenters. The van der Waals surface area contributed by atoms with Gasteiger partial charge in [0, 0.05) is 26.1 Å². The van der Waals surface area contributed by atoms with E-state index in [2.05, 4.69) is 29.2 Å². The van der Waals surface area contributed by atoms with E-state index in [4.69, 9.17) is 9.47 Å². The fraction of sp³-hybridized carbons (Fsp3) is 0.333. The average Bonchev–Trinajstić information content (AvgIpc) is 2.82. The molecule has 1 aliphatic rings. The van der Waals surface area contributed by atoms with E-state index in [9.17, 15) is 5.11 Å². The van der Waals surface area contributed by atoms with Crippen molar-refractivity contribution in [1.82, 2.24) is 4.90 Å². The molecule has 4 nitrogen and oxygen atoms in total. The van der Waals surface area contributed by atoms with E-state index < -0.39 is 5.60 Å². The Hall–Kier alpha value is -2.66. The third-order valence-electron chi connectivity index (χ3n) is 5.94. The molecule has 0 saturated carbocycles. The SMILES string of the molecule is CCOc1ccccc1CC(O)(c1ccccc1)[C@@H]1CN(Cc2ccccc2)CCO1. The van der Waals surface area contributed by atoms with Crippen LogP contribution in [0.2, 0.25) is 0 Å². The van der Waals surface area contributed by atoms with Gasteiger partial charge >= 0.3 is 0 Å². The molecule has 162 valence electrons. The first-order valence-electron chi connectivity index (χ1n) is 11.1. The number of benzene rings is 3. The summed E-state index contributed by atoms with van der Waals surface area (Å²) in [5, 5.41) is 12.1. The second kappa shape index (κ2) is 10.1. The molecule has 1 saturated heterocycles. The van der Waals surface area contributed by atoms with Crippen molar-refractivity contribution in [3.05, 3.63) is 102 Å². The first kappa shape index (κ1) is 21.6. The highest BCUT2D eigenvalue weighted by molar-refractivity contribution is 5.37. The van der Waals surface area contributed by atoms with Crippen LogP contribution in [-0.4, -0.2) is 42.4 Å². The van der Waals surface area contributed by atoms with Gasteiger partial charge in [-0.3, -0.25) is 4.90 Å². The summed E-state index contributed by atoms with van der Waals surface area (Å²) in [6, 6.07) is 28.3. The maximum Gasteiger partial charge on any atom is 0.122 e. The minimum absolute atomic E-state index is 0.345. The summed E-state index contributed by atoms with van der Waals surface area (Å²) in [7, 11) is 0. The van der Waals surface area contributed by atoms with Crippen LogP contribution in [0.15, 0.2) is 84.9 Å². The van der Waals surface area contributed by atoms with Gasteiger partial charge < -0.3 is 14.6 Å². The molecule has 1 aliphatic heterocycles. The van der Waals surface area contributed by atoms with Crippen LogP contribution in [0.1, 0.15) is 23.6 Å². The van der Waals surface area contributed by atoms with Crippen molar-refractivity contribution >= 4 is 0 Å². The van der Waals surface area contributed by atoms with Crippen LogP contribution in [0.25, 0.3) is 0 Å². The van der Waals surface area contributed by atoms with Crippen molar-refractivity contribution in [2.75, 3.05) is 26.3 Å². The molecule has 0 spiro atoms. The molecule has 4 heteroatoms. The number of nitrogens with zero attached hydrogens (tertiary/aromatic N) is 1. The maximum atomic E-state index is 12.1. The zero-order valence-electron chi connectivity index (χ0n) is 18.1. The van der Waals surface area contributed by atoms with Crippen LogP contribution in [0, 0.1) is 0 Å². The molecular formula is C27H31NO3. The number of rotatable bonds is 8. The highest BCUT2D eigenvalue weighted by atomic mass is 16.5. The Morgan fingerprint density at radius 1 is 0.968 bits per heavy atom. The van der Waals surface area contributed by atoms with E-state index in [0.29, 0.717) is 26.2 Å². The molecule has 31 heavy (non-hydrogen) atoms. The second-order valence-electron chi connectivity index (χ2n) is 8.09. The highest BCUT2D eigenvalue weighted by Gasteiger charge is 2.42. The summed E-state index contributed by atoms with van der Waals surface area (Å²) in [6.45, 7) is 5.53. The van der Waals surface area contributed by atoms with Crippen LogP contribution >= 0.6 is 0 Å². The lowest BCUT2D eigenvalue weighted by Gasteiger charge is -2.42. The van der Waals surface area contributed by atoms with Gasteiger partial charge in [-0.05, 0) is 29.7 Å². The minimum atomic E-state index is -1.16. The molecule has 0 aromatic heterocycles. The van der Waals surface area contributed by atoms with E-state index in [1.165, 1.54) is 5.56 Å². The normalized spacial score (nSPS) is 19.0. The number of hydrogen-bond acceptors (Lipinski definition) is 4. The Labute approximate surface area is 185 Å². The average molecular weight is 418 g/mol. The number of aliphatic hydroxyl groups is 1. The lowest BCUT2D eigenvalue weighted by Crippen LogP contribution is -2.53. The molecule has 1 heterocycles. The minimum Gasteiger partial charge on any atom is -0.494 e. The summed E-state index contributed by atoms with van der Waals surface area (Å²) in [6.07, 6.45) is 0.0823. The number of ether oxygens (including phenoxy) is 2. The molecule has 2 atom stereocenters. The molecule has 3 aromatic rings. The van der Waals surface area contributed by atoms with Crippen LogP contribution in [0.5, 0.6) is 5.75 Å². The quantitative estimate of drug-likeness (QED) is 0.589. The zero-order chi connectivity index (χ0) is 21.5. The van der Waals surface area contributed by atoms with Gasteiger partial charge in [0.1, 0.15) is 17.5 Å². The first-order chi connectivity index (χ1) is 15.2. The van der Waals surface area contributed by atoms with E-state index in [1.807, 2.05) is 67.6 Å². The second-order valence-corrected chi connectivity index (χ2v) is 8.09. The number of morpholine rings is 1. The third kappa shape index (κ3) is 5.16. The third-order valence-corrected chi connectivity index (χ3v) is 5.94. The zero-order valence-corrected chi connectivity index (χ0v) is 18.1. The summed E-state index contributed by atoms with van der Waals surface area (Å²) < 4.78 is 12.0. The first-order valence-corrected chi connectivity index (χ1v) is 11.1. The van der Waals surface area contributed by atoms with Crippen molar-refractivity contribution in [3.63, 3.8) is 0 Å². The monoisotopic (exact) mass is 417 g/mol. The van der Waals surface area contributed by atoms with Crippen molar-refractivity contribution in [2.45, 2.75) is 31.6 Å². The Kier molecular flexibility index (Phi) is 7.03. The summed E-state index contributed by atoms with van der Waals surface area (Å²) in [5.41, 5.74) is 1.96. The van der Waals surface area contributed by atoms with Crippen LogP contribution in [-0.2, 0) is 23.3 Å². The molecule has 0 amide bonds. The standard InChI is InChI=1S/C27H31NO3/c1-2-30-25-16-10-9-13-23(25)19-27(29,24-14-7-4-8-15-24)26-21-28(17-18-31-26)20-22-11-5-3-6-12-22/h3-16,26,29H,2,17-21H2,1H3/t26-,27?/m0/s1. The molecular weight excluding hydrogens is 386 g/mol. The van der Waals surface area contributed by atoms with Crippen LogP contribution in [0.4, 0.5) is 0 Å². The highest BCUT2D eigenvalue weighted by Crippen LogP contribution is 2.35. The molecule has 0 aliphatic carbocycles. The molecule has 0 radical (unpaired) electrons. The van der Waals surface area contributed by atoms with E-state index in [-0.39, 0.29) is 6.10 Å². The van der Waals surface area contributed by atoms with Gasteiger partial charge in [-0.25, -0.2) is 0 Å². The summed E-state index contributed by atoms with van der Waals surface area (Å²) in [5.74, 6) is 0.816. The Morgan fingerprint density at radius 3 is 2.39 bits per heavy atom. The van der Waals surface area contributed by atoms with Gasteiger partial charge in [0.05, 0.1) is 13.2 Å². The lowest BCUT2D eigenvalue weighted by atomic mass is 9.81. The molecule has 0 bridgehead atoms. The van der Waals surface area contributed by atoms with Gasteiger partial charge in [0.2, 0.25) is 0 Å². The number of para-hydroxylation sites is 1. The molecule has 4 rings (SSSR count). The van der Waals surface area contributed by atoms with Gasteiger partial charge in [-0.15, -0.1) is 0 Å². The Morgan fingerprint density at radius 2 is 1.65 bits per heavy atom. The fourth-order valence-corrected chi connectivity index (χ4v) is 4.34. The lowest BCUT2D eigenvalue weighted by molar-refractivity contribution is -0.150. The maximum absolute atomic E-state index is 12.1. The van der Waals surface area contributed by atoms with Crippen LogP contribution < -0.4 is 4.74 Å². The molecule has 3 aromatic carbocycles. The van der Waals surface area contributed by atoms with Crippen molar-refractivity contribution in [2.24, 2.45) is 0 Å². The summed E-state index contributed by atoms with van der Waals surface area (Å²) in [4.78, 5) is 2.37. The predicted octanol–water partition coefficient (Wildman–Crippen LogP) is 4.42. The van der Waals surface area contributed by atoms with Crippen molar-refractivity contribution in [3.8, 4) is 5.75 Å². The van der Waals surface area contributed by atoms with E-state index in [0.717, 1.165) is 30.0 Å². The van der Waals surface area contributed by atoms with Crippen molar-refractivity contribution < 1.29 is 14.6 Å². The van der Waals surface area contributed by atoms with Crippen LogP contribution in [0.3, 0.4) is 0 Å². The fourth-order valence-electron chi connectivity index (χ4n) is 4.34. The number of hydrogen-bond donors (Lipinski definition) is 1. The van der Waals surface area contributed by atoms with Gasteiger partial charge in [0.25, 0.3) is 0 Å². The molecule has 1 N–H and O–H groups in total. The molecule has 1 fully saturated rings. The predicted molar refractivity (Wildman–Crippen MR) is 123 cm³/mol. The van der Waals surface area contributed by atoms with Crippen molar-refractivity contribution in [1.29, 1.82) is 0 Å². The van der Waals surface area contributed by atoms with Gasteiger partial charge in [0.15, 0.2) is 0 Å². The Bertz CT molecular complexity index is 947.